The average Bonchev–Trinajstić information content (AvgIpc) is 2.74. The summed E-state index contributed by atoms with van der Waals surface area (Å²) in [5.41, 5.74) is 6.83. The van der Waals surface area contributed by atoms with Gasteiger partial charge in [-0.05, 0) is 38.1 Å². The van der Waals surface area contributed by atoms with Crippen LogP contribution in [-0.2, 0) is 0 Å². The van der Waals surface area contributed by atoms with Gasteiger partial charge >= 0.3 is 0 Å². The molecule has 4 aromatic rings. The lowest BCUT2D eigenvalue weighted by atomic mass is 10.2. The summed E-state index contributed by atoms with van der Waals surface area (Å²) in [4.78, 5) is 26.5. The molecule has 3 N–H and O–H groups in total. The normalized spacial score (nSPS) is 11.8. The second-order valence-electron chi connectivity index (χ2n) is 6.94. The van der Waals surface area contributed by atoms with Crippen molar-refractivity contribution in [3.8, 4) is 11.8 Å². The molecule has 1 atom stereocenters. The maximum atomic E-state index is 13.4. The summed E-state index contributed by atoms with van der Waals surface area (Å²) in [5.74, 6) is 1.18. The number of hydrogen-bond donors (Lipinski definition) is 2. The van der Waals surface area contributed by atoms with Gasteiger partial charge in [-0.1, -0.05) is 35.9 Å². The monoisotopic (exact) mass is 431 g/mol. The van der Waals surface area contributed by atoms with Crippen LogP contribution in [0.3, 0.4) is 0 Å². The van der Waals surface area contributed by atoms with Crippen LogP contribution in [-0.4, -0.2) is 19.5 Å². The number of nitrogens with zero attached hydrogens (tertiary/aromatic N) is 5. The summed E-state index contributed by atoms with van der Waals surface area (Å²) < 4.78 is 1.53. The predicted octanol–water partition coefficient (Wildman–Crippen LogP) is 3.76. The van der Waals surface area contributed by atoms with Crippen LogP contribution in [0.25, 0.3) is 16.6 Å². The molecule has 0 saturated carbocycles. The molecule has 0 radical (unpaired) electrons. The Balaban J connectivity index is 1.94. The molecule has 2 aromatic carbocycles. The molecule has 9 heteroatoms. The number of anilines is 2. The first-order valence-electron chi connectivity index (χ1n) is 9.48. The first kappa shape index (κ1) is 20.3. The number of para-hydroxylation sites is 2. The minimum atomic E-state index is -0.519. The minimum Gasteiger partial charge on any atom is -0.382 e. The van der Waals surface area contributed by atoms with E-state index in [1.54, 1.807) is 25.1 Å². The minimum absolute atomic E-state index is 0.0830. The summed E-state index contributed by atoms with van der Waals surface area (Å²) in [7, 11) is 0. The van der Waals surface area contributed by atoms with Gasteiger partial charge in [0.25, 0.3) is 5.56 Å². The van der Waals surface area contributed by atoms with E-state index in [1.807, 2.05) is 43.3 Å². The van der Waals surface area contributed by atoms with Crippen LogP contribution < -0.4 is 16.6 Å². The van der Waals surface area contributed by atoms with Crippen molar-refractivity contribution in [2.75, 3.05) is 11.1 Å². The Morgan fingerprint density at radius 1 is 1.13 bits per heavy atom. The number of fused-ring (bicyclic) bond motifs is 1. The molecule has 0 spiro atoms. The van der Waals surface area contributed by atoms with Crippen molar-refractivity contribution < 1.29 is 0 Å². The molecule has 0 amide bonds. The number of nitriles is 1. The van der Waals surface area contributed by atoms with Gasteiger partial charge < -0.3 is 11.1 Å². The number of rotatable bonds is 4. The Labute approximate surface area is 183 Å². The number of benzene rings is 2. The third-order valence-electron chi connectivity index (χ3n) is 4.79. The molecule has 4 rings (SSSR count). The molecule has 2 heterocycles. The van der Waals surface area contributed by atoms with Gasteiger partial charge in [0.15, 0.2) is 5.82 Å². The Hall–Kier alpha value is -3.96. The van der Waals surface area contributed by atoms with Crippen molar-refractivity contribution in [1.82, 2.24) is 19.5 Å². The van der Waals surface area contributed by atoms with Crippen molar-refractivity contribution in [2.45, 2.75) is 19.9 Å². The molecule has 0 fully saturated rings. The van der Waals surface area contributed by atoms with Gasteiger partial charge in [-0.3, -0.25) is 9.36 Å². The number of nitrogen functional groups attached to an aromatic ring is 1. The van der Waals surface area contributed by atoms with E-state index < -0.39 is 6.04 Å². The number of nitrogens with two attached hydrogens (primary N) is 1. The van der Waals surface area contributed by atoms with Crippen LogP contribution in [0.4, 0.5) is 11.6 Å². The molecule has 31 heavy (non-hydrogen) atoms. The van der Waals surface area contributed by atoms with E-state index in [2.05, 4.69) is 15.3 Å². The Kier molecular flexibility index (Phi) is 5.28. The fraction of sp³-hybridized carbons (Fsp3) is 0.136. The quantitative estimate of drug-likeness (QED) is 0.504. The fourth-order valence-corrected chi connectivity index (χ4v) is 3.60. The van der Waals surface area contributed by atoms with Crippen molar-refractivity contribution in [3.63, 3.8) is 0 Å². The highest BCUT2D eigenvalue weighted by Gasteiger charge is 2.21. The summed E-state index contributed by atoms with van der Waals surface area (Å²) >= 11 is 6.34. The molecule has 0 bridgehead atoms. The topological polar surface area (TPSA) is 123 Å². The van der Waals surface area contributed by atoms with E-state index in [0.29, 0.717) is 33.3 Å². The number of aryl methyl sites for hydroxylation is 1. The zero-order valence-corrected chi connectivity index (χ0v) is 17.6. The van der Waals surface area contributed by atoms with Crippen molar-refractivity contribution in [2.24, 2.45) is 0 Å². The zero-order chi connectivity index (χ0) is 22.1. The number of hydrogen-bond acceptors (Lipinski definition) is 7. The van der Waals surface area contributed by atoms with Crippen molar-refractivity contribution in [1.29, 1.82) is 5.26 Å². The highest BCUT2D eigenvalue weighted by atomic mass is 35.5. The second-order valence-corrected chi connectivity index (χ2v) is 7.35. The summed E-state index contributed by atoms with van der Waals surface area (Å²) in [6.45, 7) is 3.50. The third-order valence-corrected chi connectivity index (χ3v) is 5.10. The van der Waals surface area contributed by atoms with E-state index in [1.165, 1.54) is 4.57 Å². The molecule has 0 aliphatic carbocycles. The summed E-state index contributed by atoms with van der Waals surface area (Å²) in [6.07, 6.45) is 0. The molecular weight excluding hydrogens is 414 g/mol. The molecule has 2 aromatic heterocycles. The molecule has 1 unspecified atom stereocenters. The Bertz CT molecular complexity index is 1390. The lowest BCUT2D eigenvalue weighted by Gasteiger charge is -2.21. The Morgan fingerprint density at radius 3 is 2.58 bits per heavy atom. The molecule has 0 aliphatic rings. The number of nitrogens with one attached hydrogen (secondary N) is 1. The highest BCUT2D eigenvalue weighted by molar-refractivity contribution is 6.35. The van der Waals surface area contributed by atoms with Gasteiger partial charge in [0, 0.05) is 0 Å². The standard InChI is InChI=1S/C22H18ClN7O/c1-12(26-20-16(11-24)19(25)27-13(2)28-20)21-29-18-15(9-6-10-17(18)23)22(31)30(21)14-7-4-3-5-8-14/h3-10,12H,1-2H3,(H3,25,26,27,28). The maximum absolute atomic E-state index is 13.4. The highest BCUT2D eigenvalue weighted by Crippen LogP contribution is 2.26. The molecule has 154 valence electrons. The zero-order valence-electron chi connectivity index (χ0n) is 16.8. The first-order valence-corrected chi connectivity index (χ1v) is 9.86. The van der Waals surface area contributed by atoms with Gasteiger partial charge in [0.2, 0.25) is 0 Å². The first-order chi connectivity index (χ1) is 14.9. The van der Waals surface area contributed by atoms with Crippen molar-refractivity contribution in [3.05, 3.63) is 81.1 Å². The maximum Gasteiger partial charge on any atom is 0.266 e. The van der Waals surface area contributed by atoms with Gasteiger partial charge in [0.1, 0.15) is 29.1 Å². The van der Waals surface area contributed by atoms with E-state index in [0.717, 1.165) is 0 Å². The van der Waals surface area contributed by atoms with Crippen LogP contribution in [0.5, 0.6) is 0 Å². The second kappa shape index (κ2) is 8.05. The van der Waals surface area contributed by atoms with Gasteiger partial charge in [0.05, 0.1) is 27.7 Å². The van der Waals surface area contributed by atoms with E-state index in [9.17, 15) is 10.1 Å². The summed E-state index contributed by atoms with van der Waals surface area (Å²) in [5, 5.41) is 13.4. The number of aromatic nitrogens is 4. The van der Waals surface area contributed by atoms with Gasteiger partial charge in [-0.25, -0.2) is 15.0 Å². The van der Waals surface area contributed by atoms with E-state index in [-0.39, 0.29) is 22.8 Å². The third kappa shape index (κ3) is 3.67. The molecule has 0 aliphatic heterocycles. The van der Waals surface area contributed by atoms with Crippen LogP contribution in [0.15, 0.2) is 53.3 Å². The lowest BCUT2D eigenvalue weighted by Crippen LogP contribution is -2.27. The van der Waals surface area contributed by atoms with Crippen LogP contribution in [0.1, 0.15) is 30.2 Å². The Morgan fingerprint density at radius 2 is 1.87 bits per heavy atom. The van der Waals surface area contributed by atoms with E-state index in [4.69, 9.17) is 22.3 Å². The van der Waals surface area contributed by atoms with Crippen molar-refractivity contribution >= 4 is 34.1 Å². The van der Waals surface area contributed by atoms with Gasteiger partial charge in [-0.15, -0.1) is 0 Å². The SMILES string of the molecule is Cc1nc(N)c(C#N)c(NC(C)c2nc3c(Cl)cccc3c(=O)n2-c2ccccc2)n1. The van der Waals surface area contributed by atoms with Crippen LogP contribution >= 0.6 is 11.6 Å². The average molecular weight is 432 g/mol. The molecule has 0 saturated heterocycles. The smallest absolute Gasteiger partial charge is 0.266 e. The van der Waals surface area contributed by atoms with Crippen LogP contribution in [0, 0.1) is 18.3 Å². The van der Waals surface area contributed by atoms with E-state index >= 15 is 0 Å². The number of halogens is 1. The molecular formula is C22H18ClN7O. The summed E-state index contributed by atoms with van der Waals surface area (Å²) in [6, 6.07) is 15.8. The largest absolute Gasteiger partial charge is 0.382 e. The van der Waals surface area contributed by atoms with Crippen LogP contribution in [0.2, 0.25) is 5.02 Å². The lowest BCUT2D eigenvalue weighted by molar-refractivity contribution is 0.729. The van der Waals surface area contributed by atoms with Gasteiger partial charge in [-0.2, -0.15) is 5.26 Å². The molecule has 8 nitrogen and oxygen atoms in total. The predicted molar refractivity (Wildman–Crippen MR) is 120 cm³/mol. The fourth-order valence-electron chi connectivity index (χ4n) is 3.39.